The van der Waals surface area contributed by atoms with Crippen LogP contribution in [-0.4, -0.2) is 55.9 Å². The van der Waals surface area contributed by atoms with E-state index in [9.17, 15) is 0 Å². The zero-order valence-corrected chi connectivity index (χ0v) is 14.2. The third-order valence-electron chi connectivity index (χ3n) is 4.53. The summed E-state index contributed by atoms with van der Waals surface area (Å²) in [6.07, 6.45) is 0. The van der Waals surface area contributed by atoms with Crippen LogP contribution in [0.2, 0.25) is 0 Å². The second-order valence-electron chi connectivity index (χ2n) is 6.22. The van der Waals surface area contributed by atoms with Crippen molar-refractivity contribution in [2.24, 2.45) is 0 Å². The average Bonchev–Trinajstić information content (AvgIpc) is 3.11. The summed E-state index contributed by atoms with van der Waals surface area (Å²) >= 11 is 0. The summed E-state index contributed by atoms with van der Waals surface area (Å²) in [7, 11) is 0. The number of piperazine rings is 1. The lowest BCUT2D eigenvalue weighted by Gasteiger charge is -2.34. The molecule has 1 aliphatic heterocycles. The highest BCUT2D eigenvalue weighted by Gasteiger charge is 2.20. The van der Waals surface area contributed by atoms with Gasteiger partial charge in [-0.05, 0) is 32.9 Å². The minimum Gasteiger partial charge on any atom is -0.444 e. The summed E-state index contributed by atoms with van der Waals surface area (Å²) in [6, 6.07) is 3.98. The summed E-state index contributed by atoms with van der Waals surface area (Å²) in [5.74, 6) is 3.48. The first-order valence-corrected chi connectivity index (χ1v) is 8.19. The monoisotopic (exact) mass is 327 g/mol. The number of fused-ring (bicyclic) bond motifs is 1. The molecule has 0 aromatic carbocycles. The van der Waals surface area contributed by atoms with Crippen LogP contribution in [0.1, 0.15) is 23.2 Å². The molecule has 1 aliphatic rings. The summed E-state index contributed by atoms with van der Waals surface area (Å²) < 4.78 is 7.48. The van der Waals surface area contributed by atoms with Crippen LogP contribution in [0.3, 0.4) is 0 Å². The molecule has 1 fully saturated rings. The topological polar surface area (TPSA) is 75.6 Å². The Kier molecular flexibility index (Phi) is 3.68. The third-order valence-corrected chi connectivity index (χ3v) is 4.53. The van der Waals surface area contributed by atoms with E-state index in [1.54, 1.807) is 4.52 Å². The maximum absolute atomic E-state index is 5.69. The Bertz CT molecular complexity index is 841. The van der Waals surface area contributed by atoms with Gasteiger partial charge in [0.2, 0.25) is 5.89 Å². The number of aromatic nitrogens is 5. The first-order chi connectivity index (χ1) is 11.6. The van der Waals surface area contributed by atoms with Gasteiger partial charge in [0.15, 0.2) is 11.5 Å². The Labute approximate surface area is 140 Å². The van der Waals surface area contributed by atoms with Crippen molar-refractivity contribution in [1.29, 1.82) is 0 Å². The van der Waals surface area contributed by atoms with Gasteiger partial charge in [-0.3, -0.25) is 4.90 Å². The van der Waals surface area contributed by atoms with Crippen LogP contribution >= 0.6 is 0 Å². The highest BCUT2D eigenvalue weighted by Crippen LogP contribution is 2.17. The molecule has 0 atom stereocenters. The van der Waals surface area contributed by atoms with Gasteiger partial charge in [-0.25, -0.2) is 4.98 Å². The third kappa shape index (κ3) is 2.73. The van der Waals surface area contributed by atoms with Crippen LogP contribution in [0.15, 0.2) is 16.5 Å². The number of oxazole rings is 1. The van der Waals surface area contributed by atoms with Crippen LogP contribution in [0.5, 0.6) is 0 Å². The molecular formula is C16H21N7O. The van der Waals surface area contributed by atoms with Crippen LogP contribution < -0.4 is 4.90 Å². The molecule has 0 bridgehead atoms. The fourth-order valence-electron chi connectivity index (χ4n) is 2.99. The van der Waals surface area contributed by atoms with E-state index in [0.29, 0.717) is 0 Å². The summed E-state index contributed by atoms with van der Waals surface area (Å²) in [5, 5.41) is 12.8. The predicted octanol–water partition coefficient (Wildman–Crippen LogP) is 1.36. The SMILES string of the molecule is Cc1nc(CN2CCN(c3ccc4nnc(C)n4n3)CC2)oc1C. The number of nitrogens with zero attached hydrogens (tertiary/aromatic N) is 7. The van der Waals surface area contributed by atoms with Gasteiger partial charge in [0.25, 0.3) is 0 Å². The highest BCUT2D eigenvalue weighted by molar-refractivity contribution is 5.46. The molecule has 8 nitrogen and oxygen atoms in total. The molecule has 3 aromatic heterocycles. The fourth-order valence-corrected chi connectivity index (χ4v) is 2.99. The van der Waals surface area contributed by atoms with Crippen LogP contribution in [-0.2, 0) is 6.54 Å². The van der Waals surface area contributed by atoms with Crippen molar-refractivity contribution < 1.29 is 4.42 Å². The van der Waals surface area contributed by atoms with Gasteiger partial charge in [0, 0.05) is 26.2 Å². The first-order valence-electron chi connectivity index (χ1n) is 8.19. The lowest BCUT2D eigenvalue weighted by atomic mass is 10.3. The molecule has 0 spiro atoms. The van der Waals surface area contributed by atoms with Gasteiger partial charge in [0.05, 0.1) is 12.2 Å². The zero-order chi connectivity index (χ0) is 16.7. The first kappa shape index (κ1) is 15.1. The molecule has 4 heterocycles. The van der Waals surface area contributed by atoms with Gasteiger partial charge in [0.1, 0.15) is 11.6 Å². The second-order valence-corrected chi connectivity index (χ2v) is 6.22. The average molecular weight is 327 g/mol. The molecule has 0 N–H and O–H groups in total. The van der Waals surface area contributed by atoms with Crippen LogP contribution in [0.25, 0.3) is 5.65 Å². The Morgan fingerprint density at radius 2 is 1.83 bits per heavy atom. The number of anilines is 1. The van der Waals surface area contributed by atoms with E-state index in [1.165, 1.54) is 0 Å². The summed E-state index contributed by atoms with van der Waals surface area (Å²) in [6.45, 7) is 10.4. The molecule has 8 heteroatoms. The normalized spacial score (nSPS) is 16.2. The van der Waals surface area contributed by atoms with Gasteiger partial charge in [-0.15, -0.1) is 15.3 Å². The molecule has 0 amide bonds. The minimum absolute atomic E-state index is 0.763. The molecule has 3 aromatic rings. The summed E-state index contributed by atoms with van der Waals surface area (Å²) in [4.78, 5) is 9.13. The number of hydrogen-bond donors (Lipinski definition) is 0. The maximum Gasteiger partial charge on any atom is 0.208 e. The largest absolute Gasteiger partial charge is 0.444 e. The smallest absolute Gasteiger partial charge is 0.208 e. The van der Waals surface area contributed by atoms with Crippen molar-refractivity contribution >= 4 is 11.5 Å². The standard InChI is InChI=1S/C16H21N7O/c1-11-12(2)24-16(17-11)10-21-6-8-22(9-7-21)15-5-4-14-19-18-13(3)23(14)20-15/h4-5H,6-10H2,1-3H3. The van der Waals surface area contributed by atoms with Gasteiger partial charge in [-0.1, -0.05) is 0 Å². The Balaban J connectivity index is 1.42. The molecule has 0 radical (unpaired) electrons. The van der Waals surface area contributed by atoms with Crippen LogP contribution in [0, 0.1) is 20.8 Å². The van der Waals surface area contributed by atoms with Crippen molar-refractivity contribution in [2.45, 2.75) is 27.3 Å². The lowest BCUT2D eigenvalue weighted by molar-refractivity contribution is 0.224. The van der Waals surface area contributed by atoms with E-state index in [1.807, 2.05) is 32.9 Å². The lowest BCUT2D eigenvalue weighted by Crippen LogP contribution is -2.46. The van der Waals surface area contributed by atoms with E-state index in [-0.39, 0.29) is 0 Å². The number of hydrogen-bond acceptors (Lipinski definition) is 7. The molecule has 0 unspecified atom stereocenters. The van der Waals surface area contributed by atoms with Crippen molar-refractivity contribution in [3.05, 3.63) is 35.3 Å². The molecule has 0 saturated carbocycles. The van der Waals surface area contributed by atoms with E-state index in [2.05, 4.69) is 30.1 Å². The van der Waals surface area contributed by atoms with Crippen molar-refractivity contribution in [2.75, 3.05) is 31.1 Å². The predicted molar refractivity (Wildman–Crippen MR) is 89.0 cm³/mol. The number of rotatable bonds is 3. The minimum atomic E-state index is 0.763. The summed E-state index contributed by atoms with van der Waals surface area (Å²) in [5.41, 5.74) is 1.76. The molecule has 126 valence electrons. The molecule has 4 rings (SSSR count). The fraction of sp³-hybridized carbons (Fsp3) is 0.500. The van der Waals surface area contributed by atoms with Crippen molar-refractivity contribution in [1.82, 2.24) is 29.7 Å². The second kappa shape index (κ2) is 5.86. The van der Waals surface area contributed by atoms with E-state index < -0.39 is 0 Å². The van der Waals surface area contributed by atoms with E-state index in [0.717, 1.165) is 67.4 Å². The van der Waals surface area contributed by atoms with Gasteiger partial charge >= 0.3 is 0 Å². The molecule has 0 aliphatic carbocycles. The van der Waals surface area contributed by atoms with Crippen molar-refractivity contribution in [3.8, 4) is 0 Å². The van der Waals surface area contributed by atoms with E-state index >= 15 is 0 Å². The molecule has 24 heavy (non-hydrogen) atoms. The van der Waals surface area contributed by atoms with E-state index in [4.69, 9.17) is 4.42 Å². The Morgan fingerprint density at radius 3 is 2.54 bits per heavy atom. The van der Waals surface area contributed by atoms with Crippen molar-refractivity contribution in [3.63, 3.8) is 0 Å². The zero-order valence-electron chi connectivity index (χ0n) is 14.2. The number of aryl methyl sites for hydroxylation is 3. The molecule has 1 saturated heterocycles. The highest BCUT2D eigenvalue weighted by atomic mass is 16.4. The Hall–Kier alpha value is -2.48. The van der Waals surface area contributed by atoms with Crippen LogP contribution in [0.4, 0.5) is 5.82 Å². The van der Waals surface area contributed by atoms with Gasteiger partial charge < -0.3 is 9.32 Å². The quantitative estimate of drug-likeness (QED) is 0.719. The maximum atomic E-state index is 5.69. The van der Waals surface area contributed by atoms with Gasteiger partial charge in [-0.2, -0.15) is 4.52 Å². The molecular weight excluding hydrogens is 306 g/mol. The Morgan fingerprint density at radius 1 is 1.04 bits per heavy atom.